The number of carbonyl (C=O) groups is 1. The van der Waals surface area contributed by atoms with E-state index in [1.54, 1.807) is 18.5 Å². The molecule has 112 valence electrons. The Morgan fingerprint density at radius 3 is 2.41 bits per heavy atom. The summed E-state index contributed by atoms with van der Waals surface area (Å²) in [6.07, 6.45) is 3.35. The Morgan fingerprint density at radius 1 is 0.955 bits per heavy atom. The fourth-order valence-electron chi connectivity index (χ4n) is 1.98. The number of amides is 1. The Kier molecular flexibility index (Phi) is 5.20. The smallest absolute Gasteiger partial charge is 0.255 e. The van der Waals surface area contributed by atoms with Crippen LogP contribution in [0.1, 0.15) is 29.8 Å². The van der Waals surface area contributed by atoms with Crippen LogP contribution >= 0.6 is 0 Å². The maximum absolute atomic E-state index is 12.2. The summed E-state index contributed by atoms with van der Waals surface area (Å²) in [4.78, 5) is 20.7. The van der Waals surface area contributed by atoms with Gasteiger partial charge in [-0.05, 0) is 37.3 Å². The van der Waals surface area contributed by atoms with E-state index in [2.05, 4.69) is 15.3 Å². The molecule has 0 aliphatic carbocycles. The van der Waals surface area contributed by atoms with E-state index in [1.165, 1.54) is 0 Å². The van der Waals surface area contributed by atoms with Crippen LogP contribution in [0, 0.1) is 6.92 Å². The zero-order valence-electron chi connectivity index (χ0n) is 13.0. The van der Waals surface area contributed by atoms with Gasteiger partial charge in [0.25, 0.3) is 5.91 Å². The summed E-state index contributed by atoms with van der Waals surface area (Å²) in [5, 5.41) is 2.88. The first-order valence-corrected chi connectivity index (χ1v) is 7.32. The summed E-state index contributed by atoms with van der Waals surface area (Å²) in [7, 11) is 0. The fourth-order valence-corrected chi connectivity index (χ4v) is 1.98. The predicted octanol–water partition coefficient (Wildman–Crippen LogP) is 4.22. The van der Waals surface area contributed by atoms with E-state index in [4.69, 9.17) is 0 Å². The van der Waals surface area contributed by atoms with Crippen LogP contribution in [0.15, 0.2) is 54.9 Å². The van der Waals surface area contributed by atoms with Crippen molar-refractivity contribution in [1.82, 2.24) is 9.97 Å². The van der Waals surface area contributed by atoms with Crippen LogP contribution in [0.25, 0.3) is 11.0 Å². The van der Waals surface area contributed by atoms with Crippen molar-refractivity contribution in [3.8, 4) is 0 Å². The van der Waals surface area contributed by atoms with Crippen LogP contribution < -0.4 is 5.32 Å². The average Bonchev–Trinajstić information content (AvgIpc) is 2.57. The minimum atomic E-state index is -0.150. The number of nitrogens with one attached hydrogen (secondary N) is 1. The lowest BCUT2D eigenvalue weighted by Gasteiger charge is -2.07. The van der Waals surface area contributed by atoms with Crippen molar-refractivity contribution in [3.05, 3.63) is 66.0 Å². The lowest BCUT2D eigenvalue weighted by Crippen LogP contribution is -2.12. The first-order valence-electron chi connectivity index (χ1n) is 7.32. The summed E-state index contributed by atoms with van der Waals surface area (Å²) in [5.41, 5.74) is 3.86. The molecule has 2 aromatic heterocycles. The third kappa shape index (κ3) is 3.47. The normalized spacial score (nSPS) is 9.77. The van der Waals surface area contributed by atoms with Crippen molar-refractivity contribution in [2.75, 3.05) is 5.32 Å². The quantitative estimate of drug-likeness (QED) is 0.769. The molecule has 1 aromatic carbocycles. The van der Waals surface area contributed by atoms with Crippen molar-refractivity contribution in [2.24, 2.45) is 0 Å². The number of pyridine rings is 2. The summed E-state index contributed by atoms with van der Waals surface area (Å²) >= 11 is 0. The van der Waals surface area contributed by atoms with Crippen molar-refractivity contribution in [3.63, 3.8) is 0 Å². The van der Waals surface area contributed by atoms with E-state index in [0.29, 0.717) is 16.8 Å². The second kappa shape index (κ2) is 7.31. The van der Waals surface area contributed by atoms with Crippen LogP contribution in [0.5, 0.6) is 0 Å². The molecule has 0 aliphatic rings. The van der Waals surface area contributed by atoms with Crippen LogP contribution in [0.3, 0.4) is 0 Å². The van der Waals surface area contributed by atoms with Crippen LogP contribution in [0.2, 0.25) is 0 Å². The molecule has 0 unspecified atom stereocenters. The van der Waals surface area contributed by atoms with E-state index in [9.17, 15) is 4.79 Å². The second-order valence-corrected chi connectivity index (χ2v) is 4.55. The Bertz CT molecular complexity index is 761. The van der Waals surface area contributed by atoms with Gasteiger partial charge in [0.2, 0.25) is 0 Å². The molecule has 3 aromatic rings. The first-order chi connectivity index (χ1) is 10.7. The predicted molar refractivity (Wildman–Crippen MR) is 90.0 cm³/mol. The van der Waals surface area contributed by atoms with Crippen molar-refractivity contribution in [1.29, 1.82) is 0 Å². The molecule has 0 radical (unpaired) electrons. The van der Waals surface area contributed by atoms with E-state index < -0.39 is 0 Å². The van der Waals surface area contributed by atoms with Gasteiger partial charge in [0.1, 0.15) is 5.52 Å². The number of hydrogen-bond donors (Lipinski definition) is 1. The maximum Gasteiger partial charge on any atom is 0.255 e. The highest BCUT2D eigenvalue weighted by atomic mass is 16.1. The number of aromatic nitrogens is 2. The Balaban J connectivity index is 0.000000847. The number of fused-ring (bicyclic) bond motifs is 1. The molecule has 0 spiro atoms. The number of benzene rings is 1. The molecule has 0 saturated heterocycles. The molecule has 0 aliphatic heterocycles. The largest absolute Gasteiger partial charge is 0.320 e. The maximum atomic E-state index is 12.2. The molecular weight excluding hydrogens is 274 g/mol. The van der Waals surface area contributed by atoms with Gasteiger partial charge >= 0.3 is 0 Å². The topological polar surface area (TPSA) is 54.9 Å². The van der Waals surface area contributed by atoms with Gasteiger partial charge < -0.3 is 5.32 Å². The molecule has 1 amide bonds. The number of rotatable bonds is 2. The summed E-state index contributed by atoms with van der Waals surface area (Å²) in [6.45, 7) is 5.99. The SMILES string of the molecule is CC.Cc1ccc(C(=O)Nc2ccnc3cccnc23)cc1. The highest BCUT2D eigenvalue weighted by molar-refractivity contribution is 6.07. The standard InChI is InChI=1S/C16H13N3O.C2H6/c1-11-4-6-12(7-5-11)16(20)19-14-8-10-17-13-3-2-9-18-15(13)14;1-2/h2-10H,1H3,(H,17,19,20);1-2H3. The molecule has 0 bridgehead atoms. The van der Waals surface area contributed by atoms with E-state index >= 15 is 0 Å². The first kappa shape index (κ1) is 15.6. The van der Waals surface area contributed by atoms with Crippen LogP contribution in [-0.2, 0) is 0 Å². The third-order valence-corrected chi connectivity index (χ3v) is 3.06. The molecule has 1 N–H and O–H groups in total. The van der Waals surface area contributed by atoms with Gasteiger partial charge in [-0.2, -0.15) is 0 Å². The summed E-state index contributed by atoms with van der Waals surface area (Å²) in [5.74, 6) is -0.150. The number of hydrogen-bond acceptors (Lipinski definition) is 3. The van der Waals surface area contributed by atoms with Gasteiger partial charge in [-0.1, -0.05) is 31.5 Å². The molecular formula is C18H19N3O. The third-order valence-electron chi connectivity index (χ3n) is 3.06. The number of aryl methyl sites for hydroxylation is 1. The Labute approximate surface area is 130 Å². The summed E-state index contributed by atoms with van der Waals surface area (Å²) in [6, 6.07) is 12.9. The van der Waals surface area contributed by atoms with E-state index in [1.807, 2.05) is 57.2 Å². The molecule has 22 heavy (non-hydrogen) atoms. The van der Waals surface area contributed by atoms with Crippen molar-refractivity contribution in [2.45, 2.75) is 20.8 Å². The second-order valence-electron chi connectivity index (χ2n) is 4.55. The molecule has 4 nitrogen and oxygen atoms in total. The molecule has 0 saturated carbocycles. The van der Waals surface area contributed by atoms with Gasteiger partial charge in [-0.15, -0.1) is 0 Å². The number of anilines is 1. The minimum absolute atomic E-state index is 0.150. The molecule has 3 rings (SSSR count). The number of carbonyl (C=O) groups excluding carboxylic acids is 1. The van der Waals surface area contributed by atoms with Crippen molar-refractivity contribution >= 4 is 22.6 Å². The number of nitrogens with zero attached hydrogens (tertiary/aromatic N) is 2. The highest BCUT2D eigenvalue weighted by Gasteiger charge is 2.09. The van der Waals surface area contributed by atoms with Gasteiger partial charge in [-0.25, -0.2) is 0 Å². The lowest BCUT2D eigenvalue weighted by molar-refractivity contribution is 0.102. The van der Waals surface area contributed by atoms with Crippen LogP contribution in [0.4, 0.5) is 5.69 Å². The van der Waals surface area contributed by atoms with Gasteiger partial charge in [0.05, 0.1) is 11.2 Å². The van der Waals surface area contributed by atoms with Gasteiger partial charge in [0.15, 0.2) is 0 Å². The van der Waals surface area contributed by atoms with Gasteiger partial charge in [-0.3, -0.25) is 14.8 Å². The minimum Gasteiger partial charge on any atom is -0.320 e. The Hall–Kier alpha value is -2.75. The zero-order valence-corrected chi connectivity index (χ0v) is 13.0. The van der Waals surface area contributed by atoms with E-state index in [0.717, 1.165) is 11.1 Å². The fraction of sp³-hybridized carbons (Fsp3) is 0.167. The monoisotopic (exact) mass is 293 g/mol. The summed E-state index contributed by atoms with van der Waals surface area (Å²) < 4.78 is 0. The highest BCUT2D eigenvalue weighted by Crippen LogP contribution is 2.19. The molecule has 0 atom stereocenters. The van der Waals surface area contributed by atoms with Crippen LogP contribution in [-0.4, -0.2) is 15.9 Å². The van der Waals surface area contributed by atoms with Crippen molar-refractivity contribution < 1.29 is 4.79 Å². The lowest BCUT2D eigenvalue weighted by atomic mass is 10.1. The zero-order chi connectivity index (χ0) is 15.9. The average molecular weight is 293 g/mol. The molecule has 4 heteroatoms. The Morgan fingerprint density at radius 2 is 1.68 bits per heavy atom. The van der Waals surface area contributed by atoms with Gasteiger partial charge in [0, 0.05) is 18.0 Å². The molecule has 2 heterocycles. The molecule has 0 fully saturated rings. The van der Waals surface area contributed by atoms with E-state index in [-0.39, 0.29) is 5.91 Å².